The number of rotatable bonds is 3. The summed E-state index contributed by atoms with van der Waals surface area (Å²) in [7, 11) is 0. The molecule has 0 aliphatic heterocycles. The molecule has 0 atom stereocenters. The van der Waals surface area contributed by atoms with Gasteiger partial charge >= 0.3 is 0 Å². The summed E-state index contributed by atoms with van der Waals surface area (Å²) in [5.41, 5.74) is 8.74. The Morgan fingerprint density at radius 1 is 1.12 bits per heavy atom. The fraction of sp³-hybridized carbons (Fsp3) is 0.118. The van der Waals surface area contributed by atoms with Gasteiger partial charge in [-0.2, -0.15) is 4.98 Å². The topological polar surface area (TPSA) is 103 Å². The van der Waals surface area contributed by atoms with E-state index in [1.54, 1.807) is 18.5 Å². The van der Waals surface area contributed by atoms with Gasteiger partial charge in [-0.25, -0.2) is 9.97 Å². The van der Waals surface area contributed by atoms with E-state index in [-0.39, 0.29) is 11.7 Å². The maximum Gasteiger partial charge on any atom is 0.222 e. The molecule has 3 aromatic heterocycles. The number of hydrogen-bond donors (Lipinski definition) is 2. The second-order valence-electron chi connectivity index (χ2n) is 5.55. The first-order valence-electron chi connectivity index (χ1n) is 7.43. The third-order valence-corrected chi connectivity index (χ3v) is 3.74. The minimum absolute atomic E-state index is 0.166. The zero-order valence-electron chi connectivity index (χ0n) is 13.0. The zero-order chi connectivity index (χ0) is 16.7. The lowest BCUT2D eigenvalue weighted by atomic mass is 10.2. The molecule has 0 aliphatic rings. The second-order valence-corrected chi connectivity index (χ2v) is 5.55. The van der Waals surface area contributed by atoms with Crippen LogP contribution in [-0.2, 0) is 6.54 Å². The van der Waals surface area contributed by atoms with Gasteiger partial charge in [0.15, 0.2) is 11.4 Å². The number of aromatic hydroxyl groups is 1. The van der Waals surface area contributed by atoms with Crippen molar-refractivity contribution in [2.75, 3.05) is 5.73 Å². The van der Waals surface area contributed by atoms with Crippen molar-refractivity contribution in [1.29, 1.82) is 0 Å². The molecule has 1 aromatic carbocycles. The van der Waals surface area contributed by atoms with Crippen LogP contribution in [0.2, 0.25) is 0 Å². The molecule has 7 nitrogen and oxygen atoms in total. The lowest BCUT2D eigenvalue weighted by molar-refractivity contribution is 0.475. The monoisotopic (exact) mass is 321 g/mol. The van der Waals surface area contributed by atoms with Gasteiger partial charge in [0.2, 0.25) is 5.95 Å². The molecule has 3 N–H and O–H groups in total. The van der Waals surface area contributed by atoms with E-state index in [0.29, 0.717) is 29.2 Å². The van der Waals surface area contributed by atoms with Gasteiger partial charge in [0.05, 0.1) is 12.9 Å². The summed E-state index contributed by atoms with van der Waals surface area (Å²) in [6.45, 7) is 2.43. The summed E-state index contributed by atoms with van der Waals surface area (Å²) >= 11 is 0. The van der Waals surface area contributed by atoms with Gasteiger partial charge in [-0.15, -0.1) is 0 Å². The predicted octanol–water partition coefficient (Wildman–Crippen LogP) is 2.73. The minimum Gasteiger partial charge on any atom is -0.508 e. The number of furan rings is 1. The highest BCUT2D eigenvalue weighted by atomic mass is 16.3. The molecule has 4 rings (SSSR count). The summed E-state index contributed by atoms with van der Waals surface area (Å²) in [5, 5.41) is 9.39. The largest absolute Gasteiger partial charge is 0.508 e. The summed E-state index contributed by atoms with van der Waals surface area (Å²) in [5.74, 6) is 1.80. The lowest BCUT2D eigenvalue weighted by Gasteiger charge is -2.05. The third-order valence-electron chi connectivity index (χ3n) is 3.74. The molecular formula is C17H15N5O2. The number of nitrogen functional groups attached to an aromatic ring is 1. The lowest BCUT2D eigenvalue weighted by Crippen LogP contribution is -2.03. The van der Waals surface area contributed by atoms with Crippen LogP contribution < -0.4 is 5.73 Å². The first-order chi connectivity index (χ1) is 11.6. The van der Waals surface area contributed by atoms with E-state index in [9.17, 15) is 5.11 Å². The van der Waals surface area contributed by atoms with Crippen LogP contribution in [0.3, 0.4) is 0 Å². The maximum atomic E-state index is 9.39. The molecule has 0 radical (unpaired) electrons. The van der Waals surface area contributed by atoms with Gasteiger partial charge < -0.3 is 19.8 Å². The predicted molar refractivity (Wildman–Crippen MR) is 89.4 cm³/mol. The Balaban J connectivity index is 1.81. The van der Waals surface area contributed by atoms with Gasteiger partial charge in [0.25, 0.3) is 0 Å². The van der Waals surface area contributed by atoms with E-state index < -0.39 is 0 Å². The minimum atomic E-state index is 0.166. The molecule has 120 valence electrons. The Morgan fingerprint density at radius 2 is 1.92 bits per heavy atom. The Labute approximate surface area is 137 Å². The van der Waals surface area contributed by atoms with E-state index in [2.05, 4.69) is 15.0 Å². The maximum absolute atomic E-state index is 9.39. The number of benzene rings is 1. The van der Waals surface area contributed by atoms with Crippen LogP contribution in [0.4, 0.5) is 5.95 Å². The van der Waals surface area contributed by atoms with Gasteiger partial charge in [0, 0.05) is 0 Å². The van der Waals surface area contributed by atoms with E-state index in [0.717, 1.165) is 11.3 Å². The fourth-order valence-corrected chi connectivity index (χ4v) is 2.61. The van der Waals surface area contributed by atoms with Crippen molar-refractivity contribution < 1.29 is 9.52 Å². The average Bonchev–Trinajstić information content (AvgIpc) is 3.16. The van der Waals surface area contributed by atoms with Crippen LogP contribution in [0.1, 0.15) is 11.3 Å². The Kier molecular flexibility index (Phi) is 3.19. The number of hydrogen-bond acceptors (Lipinski definition) is 6. The van der Waals surface area contributed by atoms with Gasteiger partial charge in [-0.05, 0) is 36.8 Å². The zero-order valence-corrected chi connectivity index (χ0v) is 13.0. The van der Waals surface area contributed by atoms with E-state index >= 15 is 0 Å². The van der Waals surface area contributed by atoms with Gasteiger partial charge in [-0.3, -0.25) is 0 Å². The number of aryl methyl sites for hydroxylation is 1. The molecule has 0 saturated heterocycles. The Hall–Kier alpha value is -3.35. The number of aromatic nitrogens is 4. The van der Waals surface area contributed by atoms with Crippen LogP contribution >= 0.6 is 0 Å². The van der Waals surface area contributed by atoms with E-state index in [1.165, 1.54) is 0 Å². The number of phenols is 1. The standard InChI is InChI=1S/C17H15N5O2/c1-10-2-7-13(24-10)14-15-16(21-17(18)20-14)22(9-19-15)8-11-3-5-12(23)6-4-11/h2-7,9,23H,8H2,1H3,(H2,18,20,21). The van der Waals surface area contributed by atoms with Crippen LogP contribution in [0.15, 0.2) is 47.1 Å². The molecule has 7 heteroatoms. The smallest absolute Gasteiger partial charge is 0.222 e. The van der Waals surface area contributed by atoms with Crippen molar-refractivity contribution in [2.45, 2.75) is 13.5 Å². The van der Waals surface area contributed by atoms with Crippen LogP contribution in [-0.4, -0.2) is 24.6 Å². The SMILES string of the molecule is Cc1ccc(-c2nc(N)nc3c2ncn3Cc2ccc(O)cc2)o1. The Morgan fingerprint density at radius 3 is 2.62 bits per heavy atom. The van der Waals surface area contributed by atoms with Crippen molar-refractivity contribution >= 4 is 17.1 Å². The molecule has 3 heterocycles. The third kappa shape index (κ3) is 2.45. The molecule has 0 aliphatic carbocycles. The van der Waals surface area contributed by atoms with Crippen LogP contribution in [0.25, 0.3) is 22.6 Å². The highest BCUT2D eigenvalue weighted by Gasteiger charge is 2.16. The quantitative estimate of drug-likeness (QED) is 0.601. The van der Waals surface area contributed by atoms with E-state index in [1.807, 2.05) is 35.8 Å². The first kappa shape index (κ1) is 14.3. The van der Waals surface area contributed by atoms with E-state index in [4.69, 9.17) is 10.2 Å². The van der Waals surface area contributed by atoms with Crippen molar-refractivity contribution in [3.63, 3.8) is 0 Å². The molecule has 0 saturated carbocycles. The molecule has 0 spiro atoms. The van der Waals surface area contributed by atoms with Crippen molar-refractivity contribution in [3.8, 4) is 17.2 Å². The highest BCUT2D eigenvalue weighted by molar-refractivity contribution is 5.86. The fourth-order valence-electron chi connectivity index (χ4n) is 2.61. The van der Waals surface area contributed by atoms with Crippen molar-refractivity contribution in [2.24, 2.45) is 0 Å². The second kappa shape index (κ2) is 5.38. The number of fused-ring (bicyclic) bond motifs is 1. The summed E-state index contributed by atoms with van der Waals surface area (Å²) < 4.78 is 7.54. The molecule has 0 bridgehead atoms. The first-order valence-corrected chi connectivity index (χ1v) is 7.43. The molecule has 4 aromatic rings. The number of nitrogens with zero attached hydrogens (tertiary/aromatic N) is 4. The molecule has 0 fully saturated rings. The number of phenolic OH excluding ortho intramolecular Hbond substituents is 1. The molecule has 0 unspecified atom stereocenters. The number of anilines is 1. The number of nitrogens with two attached hydrogens (primary N) is 1. The van der Waals surface area contributed by atoms with Gasteiger partial charge in [0.1, 0.15) is 22.7 Å². The van der Waals surface area contributed by atoms with Gasteiger partial charge in [-0.1, -0.05) is 12.1 Å². The summed E-state index contributed by atoms with van der Waals surface area (Å²) in [6, 6.07) is 10.7. The van der Waals surface area contributed by atoms with Crippen molar-refractivity contribution in [3.05, 3.63) is 54.0 Å². The highest BCUT2D eigenvalue weighted by Crippen LogP contribution is 2.27. The molecule has 0 amide bonds. The molecule has 24 heavy (non-hydrogen) atoms. The summed E-state index contributed by atoms with van der Waals surface area (Å²) in [4.78, 5) is 13.0. The van der Waals surface area contributed by atoms with Crippen molar-refractivity contribution in [1.82, 2.24) is 19.5 Å². The average molecular weight is 321 g/mol. The van der Waals surface area contributed by atoms with Crippen LogP contribution in [0, 0.1) is 6.92 Å². The normalized spacial score (nSPS) is 11.2. The Bertz CT molecular complexity index is 1020. The summed E-state index contributed by atoms with van der Waals surface area (Å²) in [6.07, 6.45) is 1.70. The van der Waals surface area contributed by atoms with Crippen LogP contribution in [0.5, 0.6) is 5.75 Å². The molecular weight excluding hydrogens is 306 g/mol. The number of imidazole rings is 1.